The number of amides is 1. The normalized spacial score (nSPS) is 11.8. The van der Waals surface area contributed by atoms with Gasteiger partial charge in [0.15, 0.2) is 0 Å². The lowest BCUT2D eigenvalue weighted by molar-refractivity contribution is -0.109. The first kappa shape index (κ1) is 13.2. The quantitative estimate of drug-likeness (QED) is 0.639. The Morgan fingerprint density at radius 2 is 1.74 bits per heavy atom. The molecule has 0 saturated carbocycles. The first-order chi connectivity index (χ1) is 9.31. The van der Waals surface area contributed by atoms with Gasteiger partial charge >= 0.3 is 0 Å². The topological polar surface area (TPSA) is 42.0 Å². The smallest absolute Gasteiger partial charge is 0.207 e. The molecule has 2 aromatic rings. The molecule has 2 rings (SSSR count). The number of hydrogen-bond donors (Lipinski definition) is 1. The highest BCUT2D eigenvalue weighted by Gasteiger charge is 2.13. The van der Waals surface area contributed by atoms with Gasteiger partial charge in [-0.25, -0.2) is 4.39 Å². The van der Waals surface area contributed by atoms with Gasteiger partial charge in [0, 0.05) is 24.9 Å². The molecule has 0 aliphatic rings. The number of rotatable bonds is 6. The van der Waals surface area contributed by atoms with E-state index >= 15 is 0 Å². The Morgan fingerprint density at radius 3 is 2.37 bits per heavy atom. The molecule has 0 saturated heterocycles. The fourth-order valence-electron chi connectivity index (χ4n) is 2.10. The maximum Gasteiger partial charge on any atom is 0.207 e. The summed E-state index contributed by atoms with van der Waals surface area (Å²) in [6.07, 6.45) is 4.92. The van der Waals surface area contributed by atoms with E-state index in [2.05, 4.69) is 10.3 Å². The molecule has 0 aliphatic heterocycles. The van der Waals surface area contributed by atoms with Crippen LogP contribution in [-0.4, -0.2) is 17.9 Å². The average Bonchev–Trinajstić information content (AvgIpc) is 2.46. The fourth-order valence-corrected chi connectivity index (χ4v) is 2.10. The van der Waals surface area contributed by atoms with Gasteiger partial charge in [-0.2, -0.15) is 0 Å². The van der Waals surface area contributed by atoms with Crippen molar-refractivity contribution in [1.82, 2.24) is 10.3 Å². The molecule has 1 aromatic heterocycles. The van der Waals surface area contributed by atoms with Gasteiger partial charge in [-0.15, -0.1) is 0 Å². The first-order valence-electron chi connectivity index (χ1n) is 6.13. The first-order valence-corrected chi connectivity index (χ1v) is 6.13. The molecule has 19 heavy (non-hydrogen) atoms. The van der Waals surface area contributed by atoms with E-state index in [-0.39, 0.29) is 11.7 Å². The summed E-state index contributed by atoms with van der Waals surface area (Å²) in [5.74, 6) is -0.126. The maximum atomic E-state index is 13.0. The molecule has 1 N–H and O–H groups in total. The molecular weight excluding hydrogens is 243 g/mol. The predicted octanol–water partition coefficient (Wildman–Crippen LogP) is 2.49. The van der Waals surface area contributed by atoms with Crippen LogP contribution in [-0.2, 0) is 4.79 Å². The number of hydrogen-bond acceptors (Lipinski definition) is 2. The van der Waals surface area contributed by atoms with Crippen molar-refractivity contribution in [3.8, 4) is 0 Å². The van der Waals surface area contributed by atoms with Gasteiger partial charge in [-0.3, -0.25) is 9.78 Å². The zero-order valence-corrected chi connectivity index (χ0v) is 10.4. The molecule has 98 valence electrons. The maximum absolute atomic E-state index is 13.0. The van der Waals surface area contributed by atoms with Crippen LogP contribution in [0.1, 0.15) is 23.5 Å². The van der Waals surface area contributed by atoms with Crippen LogP contribution in [0.25, 0.3) is 0 Å². The third-order valence-electron chi connectivity index (χ3n) is 3.04. The Hall–Kier alpha value is -2.23. The molecular formula is C15H15FN2O. The van der Waals surface area contributed by atoms with Crippen molar-refractivity contribution in [3.63, 3.8) is 0 Å². The summed E-state index contributed by atoms with van der Waals surface area (Å²) >= 11 is 0. The summed E-state index contributed by atoms with van der Waals surface area (Å²) < 4.78 is 13.0. The predicted molar refractivity (Wildman–Crippen MR) is 71.2 cm³/mol. The minimum atomic E-state index is -0.247. The molecule has 3 nitrogen and oxygen atoms in total. The molecule has 1 amide bonds. The second-order valence-electron chi connectivity index (χ2n) is 4.25. The highest BCUT2D eigenvalue weighted by Crippen LogP contribution is 2.27. The SMILES string of the molecule is O=CNCCC(c1ccncc1)c1ccc(F)cc1. The van der Waals surface area contributed by atoms with Crippen molar-refractivity contribution in [2.24, 2.45) is 0 Å². The fraction of sp³-hybridized carbons (Fsp3) is 0.200. The molecule has 1 unspecified atom stereocenters. The third-order valence-corrected chi connectivity index (χ3v) is 3.04. The third kappa shape index (κ3) is 3.61. The molecule has 1 atom stereocenters. The number of nitrogens with one attached hydrogen (secondary N) is 1. The Kier molecular flexibility index (Phi) is 4.61. The molecule has 0 spiro atoms. The number of pyridine rings is 1. The van der Waals surface area contributed by atoms with Crippen molar-refractivity contribution in [2.75, 3.05) is 6.54 Å². The van der Waals surface area contributed by atoms with E-state index in [1.807, 2.05) is 12.1 Å². The average molecular weight is 258 g/mol. The monoisotopic (exact) mass is 258 g/mol. The Balaban J connectivity index is 2.23. The Bertz CT molecular complexity index is 513. The lowest BCUT2D eigenvalue weighted by Gasteiger charge is -2.17. The van der Waals surface area contributed by atoms with Crippen molar-refractivity contribution in [1.29, 1.82) is 0 Å². The largest absolute Gasteiger partial charge is 0.359 e. The van der Waals surface area contributed by atoms with Gasteiger partial charge in [0.2, 0.25) is 6.41 Å². The summed E-state index contributed by atoms with van der Waals surface area (Å²) in [6, 6.07) is 10.3. The van der Waals surface area contributed by atoms with Crippen LogP contribution in [0.5, 0.6) is 0 Å². The lowest BCUT2D eigenvalue weighted by Crippen LogP contribution is -2.16. The number of halogens is 1. The van der Waals surface area contributed by atoms with Crippen LogP contribution in [0.15, 0.2) is 48.8 Å². The summed E-state index contributed by atoms with van der Waals surface area (Å²) in [6.45, 7) is 0.577. The van der Waals surface area contributed by atoms with Crippen LogP contribution in [0.2, 0.25) is 0 Å². The molecule has 0 radical (unpaired) electrons. The summed E-state index contributed by atoms with van der Waals surface area (Å²) in [5.41, 5.74) is 2.13. The van der Waals surface area contributed by atoms with E-state index in [0.29, 0.717) is 13.0 Å². The summed E-state index contributed by atoms with van der Waals surface area (Å²) in [7, 11) is 0. The zero-order valence-electron chi connectivity index (χ0n) is 10.4. The van der Waals surface area contributed by atoms with E-state index in [1.54, 1.807) is 24.5 Å². The zero-order chi connectivity index (χ0) is 13.5. The van der Waals surface area contributed by atoms with E-state index < -0.39 is 0 Å². The van der Waals surface area contributed by atoms with Crippen molar-refractivity contribution in [2.45, 2.75) is 12.3 Å². The molecule has 4 heteroatoms. The van der Waals surface area contributed by atoms with Crippen LogP contribution in [0.4, 0.5) is 4.39 Å². The summed E-state index contributed by atoms with van der Waals surface area (Å²) in [4.78, 5) is 14.3. The standard InChI is InChI=1S/C15H15FN2O/c16-14-3-1-12(2-4-14)15(7-10-18-11-19)13-5-8-17-9-6-13/h1-6,8-9,11,15H,7,10H2,(H,18,19). The van der Waals surface area contributed by atoms with E-state index in [1.165, 1.54) is 12.1 Å². The summed E-state index contributed by atoms with van der Waals surface area (Å²) in [5, 5.41) is 2.66. The van der Waals surface area contributed by atoms with Crippen LogP contribution < -0.4 is 5.32 Å². The minimum absolute atomic E-state index is 0.121. The lowest BCUT2D eigenvalue weighted by atomic mass is 9.89. The van der Waals surface area contributed by atoms with Gasteiger partial charge in [-0.05, 0) is 41.8 Å². The van der Waals surface area contributed by atoms with Crippen molar-refractivity contribution >= 4 is 6.41 Å². The van der Waals surface area contributed by atoms with Crippen LogP contribution >= 0.6 is 0 Å². The molecule has 0 bridgehead atoms. The highest BCUT2D eigenvalue weighted by atomic mass is 19.1. The Labute approximate surface area is 111 Å². The van der Waals surface area contributed by atoms with Crippen LogP contribution in [0, 0.1) is 5.82 Å². The molecule has 1 heterocycles. The number of carbonyl (C=O) groups is 1. The van der Waals surface area contributed by atoms with Crippen LogP contribution in [0.3, 0.4) is 0 Å². The molecule has 0 fully saturated rings. The number of nitrogens with zero attached hydrogens (tertiary/aromatic N) is 1. The number of carbonyl (C=O) groups excluding carboxylic acids is 1. The molecule has 1 aromatic carbocycles. The van der Waals surface area contributed by atoms with Crippen molar-refractivity contribution < 1.29 is 9.18 Å². The highest BCUT2D eigenvalue weighted by molar-refractivity contribution is 5.45. The second kappa shape index (κ2) is 6.64. The van der Waals surface area contributed by atoms with Gasteiger partial charge in [0.1, 0.15) is 5.82 Å². The van der Waals surface area contributed by atoms with E-state index in [4.69, 9.17) is 0 Å². The minimum Gasteiger partial charge on any atom is -0.359 e. The van der Waals surface area contributed by atoms with E-state index in [0.717, 1.165) is 17.5 Å². The second-order valence-corrected chi connectivity index (χ2v) is 4.25. The van der Waals surface area contributed by atoms with Gasteiger partial charge in [-0.1, -0.05) is 12.1 Å². The molecule has 0 aliphatic carbocycles. The van der Waals surface area contributed by atoms with Gasteiger partial charge in [0.05, 0.1) is 0 Å². The van der Waals surface area contributed by atoms with Gasteiger partial charge < -0.3 is 5.32 Å². The number of benzene rings is 1. The van der Waals surface area contributed by atoms with E-state index in [9.17, 15) is 9.18 Å². The Morgan fingerprint density at radius 1 is 1.11 bits per heavy atom. The van der Waals surface area contributed by atoms with Gasteiger partial charge in [0.25, 0.3) is 0 Å². The van der Waals surface area contributed by atoms with Crippen molar-refractivity contribution in [3.05, 3.63) is 65.7 Å². The number of aromatic nitrogens is 1.